The summed E-state index contributed by atoms with van der Waals surface area (Å²) in [7, 11) is 0. The molecule has 0 fully saturated rings. The lowest BCUT2D eigenvalue weighted by molar-refractivity contribution is 0.133. The number of rotatable bonds is 3. The predicted molar refractivity (Wildman–Crippen MR) is 48.0 cm³/mol. The third-order valence-electron chi connectivity index (χ3n) is 1.24. The first kappa shape index (κ1) is 10.9. The van der Waals surface area contributed by atoms with E-state index in [1.807, 2.05) is 0 Å². The Morgan fingerprint density at radius 2 is 1.92 bits per heavy atom. The molecule has 1 aromatic carbocycles. The smallest absolute Gasteiger partial charge is 0.142 e. The van der Waals surface area contributed by atoms with Crippen molar-refractivity contribution in [3.05, 3.63) is 35.6 Å². The second-order valence-corrected chi connectivity index (χ2v) is 2.03. The number of hydrogen-bond acceptors (Lipinski definition) is 2. The normalized spacial score (nSPS) is 8.42. The Morgan fingerprint density at radius 3 is 2.42 bits per heavy atom. The van der Waals surface area contributed by atoms with Gasteiger partial charge in [0.2, 0.25) is 0 Å². The minimum absolute atomic E-state index is 0. The van der Waals surface area contributed by atoms with E-state index in [1.165, 1.54) is 12.1 Å². The van der Waals surface area contributed by atoms with Crippen molar-refractivity contribution in [3.8, 4) is 0 Å². The zero-order valence-corrected chi connectivity index (χ0v) is 7.18. The van der Waals surface area contributed by atoms with Gasteiger partial charge in [-0.15, -0.1) is 17.6 Å². The summed E-state index contributed by atoms with van der Waals surface area (Å²) in [5.74, 6) is -0.250. The molecular weight excluding hydrogens is 181 g/mol. The van der Waals surface area contributed by atoms with E-state index in [9.17, 15) is 4.39 Å². The van der Waals surface area contributed by atoms with Gasteiger partial charge in [0.15, 0.2) is 0 Å². The van der Waals surface area contributed by atoms with Gasteiger partial charge < -0.3 is 4.84 Å². The minimum atomic E-state index is -0.250. The predicted octanol–water partition coefficient (Wildman–Crippen LogP) is 2.38. The van der Waals surface area contributed by atoms with Crippen molar-refractivity contribution < 1.29 is 9.23 Å². The van der Waals surface area contributed by atoms with Crippen molar-refractivity contribution in [2.45, 2.75) is 6.61 Å². The minimum Gasteiger partial charge on any atom is -0.391 e. The summed E-state index contributed by atoms with van der Waals surface area (Å²) in [6, 6.07) is 6.03. The quantitative estimate of drug-likeness (QED) is 0.529. The van der Waals surface area contributed by atoms with Gasteiger partial charge in [-0.05, 0) is 17.7 Å². The lowest BCUT2D eigenvalue weighted by Crippen LogP contribution is -1.85. The lowest BCUT2D eigenvalue weighted by Gasteiger charge is -1.97. The maximum Gasteiger partial charge on any atom is 0.142 e. The van der Waals surface area contributed by atoms with E-state index in [1.54, 1.807) is 12.1 Å². The first-order valence-electron chi connectivity index (χ1n) is 3.15. The number of nitrogens with zero attached hydrogens (tertiary/aromatic N) is 1. The molecule has 1 rings (SSSR count). The number of hydrogen-bond donors (Lipinski definition) is 0. The fourth-order valence-corrected chi connectivity index (χ4v) is 0.701. The van der Waals surface area contributed by atoms with Crippen molar-refractivity contribution in [1.29, 1.82) is 0 Å². The highest BCUT2D eigenvalue weighted by Gasteiger charge is 1.92. The van der Waals surface area contributed by atoms with Crippen LogP contribution in [0.4, 0.5) is 4.39 Å². The van der Waals surface area contributed by atoms with Gasteiger partial charge in [-0.3, -0.25) is 0 Å². The third kappa shape index (κ3) is 3.34. The highest BCUT2D eigenvalue weighted by atomic mass is 35.5. The molecule has 0 unspecified atom stereocenters. The molecule has 0 saturated heterocycles. The van der Waals surface area contributed by atoms with E-state index in [0.717, 1.165) is 5.56 Å². The van der Waals surface area contributed by atoms with Crippen LogP contribution in [0.1, 0.15) is 5.56 Å². The molecule has 0 N–H and O–H groups in total. The molecule has 0 spiro atoms. The van der Waals surface area contributed by atoms with Crippen molar-refractivity contribution in [3.63, 3.8) is 0 Å². The molecule has 0 bridgehead atoms. The lowest BCUT2D eigenvalue weighted by atomic mass is 10.2. The Labute approximate surface area is 76.4 Å². The van der Waals surface area contributed by atoms with E-state index < -0.39 is 0 Å². The molecule has 0 heterocycles. The van der Waals surface area contributed by atoms with Gasteiger partial charge in [0.25, 0.3) is 0 Å². The van der Waals surface area contributed by atoms with Gasteiger partial charge in [-0.2, -0.15) is 0 Å². The van der Waals surface area contributed by atoms with Crippen LogP contribution in [0.2, 0.25) is 0 Å². The maximum absolute atomic E-state index is 12.3. The van der Waals surface area contributed by atoms with Crippen LogP contribution in [0.25, 0.3) is 0 Å². The fraction of sp³-hybridized carbons (Fsp3) is 0.125. The zero-order valence-electron chi connectivity index (χ0n) is 6.37. The zero-order chi connectivity index (χ0) is 8.10. The van der Waals surface area contributed by atoms with E-state index in [2.05, 4.69) is 16.7 Å². The molecule has 66 valence electrons. The van der Waals surface area contributed by atoms with Crippen molar-refractivity contribution in [2.24, 2.45) is 5.16 Å². The Hall–Kier alpha value is -1.09. The fourth-order valence-electron chi connectivity index (χ4n) is 0.701. The summed E-state index contributed by atoms with van der Waals surface area (Å²) < 4.78 is 12.3. The SMILES string of the molecule is C=NOCc1ccc(F)cc1.Cl. The highest BCUT2D eigenvalue weighted by Crippen LogP contribution is 2.03. The van der Waals surface area contributed by atoms with Gasteiger partial charge in [0, 0.05) is 6.72 Å². The monoisotopic (exact) mass is 189 g/mol. The van der Waals surface area contributed by atoms with Crippen LogP contribution in [0, 0.1) is 5.82 Å². The van der Waals surface area contributed by atoms with Crippen molar-refractivity contribution >= 4 is 19.1 Å². The van der Waals surface area contributed by atoms with E-state index in [-0.39, 0.29) is 18.2 Å². The van der Waals surface area contributed by atoms with Crippen LogP contribution < -0.4 is 0 Å². The average molecular weight is 190 g/mol. The Bertz CT molecular complexity index is 237. The maximum atomic E-state index is 12.3. The van der Waals surface area contributed by atoms with E-state index in [0.29, 0.717) is 6.61 Å². The Morgan fingerprint density at radius 1 is 1.33 bits per heavy atom. The number of oxime groups is 1. The van der Waals surface area contributed by atoms with Crippen molar-refractivity contribution in [1.82, 2.24) is 0 Å². The third-order valence-corrected chi connectivity index (χ3v) is 1.24. The van der Waals surface area contributed by atoms with Crippen LogP contribution in [0.3, 0.4) is 0 Å². The summed E-state index contributed by atoms with van der Waals surface area (Å²) in [6.45, 7) is 3.48. The van der Waals surface area contributed by atoms with Crippen LogP contribution in [0.5, 0.6) is 0 Å². The molecule has 0 aliphatic heterocycles. The Kier molecular flexibility index (Phi) is 5.04. The largest absolute Gasteiger partial charge is 0.391 e. The first-order valence-corrected chi connectivity index (χ1v) is 3.15. The van der Waals surface area contributed by atoms with E-state index in [4.69, 9.17) is 0 Å². The summed E-state index contributed by atoms with van der Waals surface area (Å²) in [6.07, 6.45) is 0. The molecular formula is C8H9ClFNO. The molecule has 0 aromatic heterocycles. The standard InChI is InChI=1S/C8H8FNO.ClH/c1-10-11-6-7-2-4-8(9)5-3-7;/h2-5H,1,6H2;1H. The molecule has 4 heteroatoms. The molecule has 0 aliphatic rings. The van der Waals surface area contributed by atoms with Crippen LogP contribution >= 0.6 is 12.4 Å². The van der Waals surface area contributed by atoms with Gasteiger partial charge in [-0.25, -0.2) is 4.39 Å². The van der Waals surface area contributed by atoms with Crippen LogP contribution in [-0.2, 0) is 11.4 Å². The number of halogens is 2. The van der Waals surface area contributed by atoms with Gasteiger partial charge in [0.1, 0.15) is 12.4 Å². The summed E-state index contributed by atoms with van der Waals surface area (Å²) in [5.41, 5.74) is 0.874. The second-order valence-electron chi connectivity index (χ2n) is 2.03. The average Bonchev–Trinajstić information content (AvgIpc) is 2.04. The molecule has 2 nitrogen and oxygen atoms in total. The van der Waals surface area contributed by atoms with Gasteiger partial charge >= 0.3 is 0 Å². The summed E-state index contributed by atoms with van der Waals surface area (Å²) in [4.78, 5) is 4.65. The second kappa shape index (κ2) is 5.55. The first-order chi connectivity index (χ1) is 5.33. The van der Waals surface area contributed by atoms with Crippen molar-refractivity contribution in [2.75, 3.05) is 0 Å². The molecule has 0 atom stereocenters. The van der Waals surface area contributed by atoms with Gasteiger partial charge in [-0.1, -0.05) is 12.1 Å². The molecule has 12 heavy (non-hydrogen) atoms. The summed E-state index contributed by atoms with van der Waals surface area (Å²) >= 11 is 0. The van der Waals surface area contributed by atoms with Crippen LogP contribution in [0.15, 0.2) is 29.4 Å². The number of benzene rings is 1. The Balaban J connectivity index is 0.00000121. The molecule has 1 aromatic rings. The molecule has 0 amide bonds. The molecule has 0 radical (unpaired) electrons. The molecule has 0 saturated carbocycles. The van der Waals surface area contributed by atoms with Gasteiger partial charge in [0.05, 0.1) is 0 Å². The topological polar surface area (TPSA) is 21.6 Å². The molecule has 0 aliphatic carbocycles. The highest BCUT2D eigenvalue weighted by molar-refractivity contribution is 5.85. The van der Waals surface area contributed by atoms with Crippen LogP contribution in [-0.4, -0.2) is 6.72 Å². The van der Waals surface area contributed by atoms with E-state index >= 15 is 0 Å². The summed E-state index contributed by atoms with van der Waals surface area (Å²) in [5, 5.41) is 3.21.